The smallest absolute Gasteiger partial charge is 0.232 e. The van der Waals surface area contributed by atoms with Crippen LogP contribution in [0.2, 0.25) is 0 Å². The summed E-state index contributed by atoms with van der Waals surface area (Å²) in [7, 11) is 0. The molecule has 0 bridgehead atoms. The Morgan fingerprint density at radius 1 is 1.36 bits per heavy atom. The molecule has 3 rings (SSSR count). The molecule has 1 aliphatic rings. The van der Waals surface area contributed by atoms with Crippen LogP contribution in [0.1, 0.15) is 28.4 Å². The molecule has 0 spiro atoms. The van der Waals surface area contributed by atoms with E-state index in [9.17, 15) is 0 Å². The Balaban J connectivity index is 1.52. The third kappa shape index (κ3) is 4.01. The minimum absolute atomic E-state index is 0.560. The van der Waals surface area contributed by atoms with Crippen LogP contribution in [-0.4, -0.2) is 39.5 Å². The van der Waals surface area contributed by atoms with Crippen LogP contribution in [0.3, 0.4) is 0 Å². The molecule has 2 aromatic heterocycles. The van der Waals surface area contributed by atoms with Crippen LogP contribution in [0, 0.1) is 19.8 Å². The molecule has 1 saturated heterocycles. The quantitative estimate of drug-likeness (QED) is 0.848. The molecule has 118 valence electrons. The number of ether oxygens (including phenoxy) is 1. The number of hydrogen-bond donors (Lipinski definition) is 0. The van der Waals surface area contributed by atoms with Gasteiger partial charge in [-0.1, -0.05) is 0 Å². The van der Waals surface area contributed by atoms with E-state index in [2.05, 4.69) is 33.7 Å². The number of rotatable bonds is 5. The first-order valence-corrected chi connectivity index (χ1v) is 8.56. The molecule has 0 N–H and O–H groups in total. The van der Waals surface area contributed by atoms with Crippen molar-refractivity contribution in [2.45, 2.75) is 33.2 Å². The molecule has 1 unspecified atom stereocenters. The second-order valence-electron chi connectivity index (χ2n) is 5.84. The summed E-state index contributed by atoms with van der Waals surface area (Å²) in [5.41, 5.74) is 1.18. The van der Waals surface area contributed by atoms with Gasteiger partial charge in [-0.15, -0.1) is 11.3 Å². The number of hydrogen-bond acceptors (Lipinski definition) is 6. The molecule has 0 amide bonds. The molecule has 0 radical (unpaired) electrons. The molecular weight excluding hydrogens is 296 g/mol. The Morgan fingerprint density at radius 2 is 2.27 bits per heavy atom. The SMILES string of the molecule is Cc1nc(C)c(CN2CCCC(COc3cnccn3)C2)s1. The van der Waals surface area contributed by atoms with E-state index in [-0.39, 0.29) is 0 Å². The molecule has 1 atom stereocenters. The minimum Gasteiger partial charge on any atom is -0.476 e. The molecule has 1 fully saturated rings. The predicted molar refractivity (Wildman–Crippen MR) is 87.1 cm³/mol. The Bertz CT molecular complexity index is 601. The van der Waals surface area contributed by atoms with Gasteiger partial charge in [0, 0.05) is 36.3 Å². The maximum absolute atomic E-state index is 5.76. The van der Waals surface area contributed by atoms with Crippen molar-refractivity contribution in [1.82, 2.24) is 19.9 Å². The van der Waals surface area contributed by atoms with E-state index >= 15 is 0 Å². The standard InChI is InChI=1S/C16H22N4OS/c1-12-15(22-13(2)19-12)10-20-7-3-4-14(9-20)11-21-16-8-17-5-6-18-16/h5-6,8,14H,3-4,7,9-11H2,1-2H3. The molecule has 6 heteroatoms. The van der Waals surface area contributed by atoms with E-state index in [1.807, 2.05) is 11.3 Å². The summed E-state index contributed by atoms with van der Waals surface area (Å²) in [6.45, 7) is 8.16. The van der Waals surface area contributed by atoms with Gasteiger partial charge < -0.3 is 4.74 Å². The molecule has 2 aromatic rings. The Kier molecular flexibility index (Phi) is 5.00. The zero-order chi connectivity index (χ0) is 15.4. The van der Waals surface area contributed by atoms with Crippen molar-refractivity contribution in [3.8, 4) is 5.88 Å². The minimum atomic E-state index is 0.560. The average Bonchev–Trinajstić information content (AvgIpc) is 2.84. The summed E-state index contributed by atoms with van der Waals surface area (Å²) >= 11 is 1.82. The van der Waals surface area contributed by atoms with Gasteiger partial charge in [-0.3, -0.25) is 9.88 Å². The second-order valence-corrected chi connectivity index (χ2v) is 7.13. The lowest BCUT2D eigenvalue weighted by Gasteiger charge is -2.32. The summed E-state index contributed by atoms with van der Waals surface area (Å²) in [6.07, 6.45) is 7.44. The second kappa shape index (κ2) is 7.15. The van der Waals surface area contributed by atoms with Crippen molar-refractivity contribution in [1.29, 1.82) is 0 Å². The fourth-order valence-corrected chi connectivity index (χ4v) is 3.90. The van der Waals surface area contributed by atoms with Crippen molar-refractivity contribution in [3.05, 3.63) is 34.2 Å². The summed E-state index contributed by atoms with van der Waals surface area (Å²) in [5, 5.41) is 1.16. The number of likely N-dealkylation sites (tertiary alicyclic amines) is 1. The van der Waals surface area contributed by atoms with Crippen LogP contribution >= 0.6 is 11.3 Å². The van der Waals surface area contributed by atoms with Gasteiger partial charge in [-0.2, -0.15) is 0 Å². The maximum atomic E-state index is 5.76. The van der Waals surface area contributed by atoms with Crippen LogP contribution in [0.15, 0.2) is 18.6 Å². The first kappa shape index (κ1) is 15.4. The lowest BCUT2D eigenvalue weighted by molar-refractivity contribution is 0.123. The zero-order valence-corrected chi connectivity index (χ0v) is 14.0. The highest BCUT2D eigenvalue weighted by Crippen LogP contribution is 2.23. The first-order chi connectivity index (χ1) is 10.7. The van der Waals surface area contributed by atoms with Gasteiger partial charge in [-0.25, -0.2) is 9.97 Å². The van der Waals surface area contributed by atoms with Crippen molar-refractivity contribution < 1.29 is 4.74 Å². The monoisotopic (exact) mass is 318 g/mol. The van der Waals surface area contributed by atoms with Gasteiger partial charge in [0.25, 0.3) is 0 Å². The lowest BCUT2D eigenvalue weighted by atomic mass is 9.99. The van der Waals surface area contributed by atoms with Crippen LogP contribution in [-0.2, 0) is 6.54 Å². The fraction of sp³-hybridized carbons (Fsp3) is 0.562. The Labute approximate surface area is 135 Å². The maximum Gasteiger partial charge on any atom is 0.232 e. The molecule has 0 saturated carbocycles. The molecule has 1 aliphatic heterocycles. The van der Waals surface area contributed by atoms with Crippen LogP contribution < -0.4 is 4.74 Å². The molecule has 0 aromatic carbocycles. The van der Waals surface area contributed by atoms with Crippen molar-refractivity contribution in [2.75, 3.05) is 19.7 Å². The van der Waals surface area contributed by atoms with Gasteiger partial charge in [0.15, 0.2) is 0 Å². The summed E-state index contributed by atoms with van der Waals surface area (Å²) in [4.78, 5) is 16.6. The number of aryl methyl sites for hydroxylation is 2. The van der Waals surface area contributed by atoms with E-state index in [0.717, 1.165) is 31.2 Å². The van der Waals surface area contributed by atoms with Crippen molar-refractivity contribution in [3.63, 3.8) is 0 Å². The number of nitrogens with zero attached hydrogens (tertiary/aromatic N) is 4. The number of aromatic nitrogens is 3. The zero-order valence-electron chi connectivity index (χ0n) is 13.2. The lowest BCUT2D eigenvalue weighted by Crippen LogP contribution is -2.37. The normalized spacial score (nSPS) is 19.3. The number of thiazole rings is 1. The van der Waals surface area contributed by atoms with E-state index < -0.39 is 0 Å². The van der Waals surface area contributed by atoms with Gasteiger partial charge in [0.2, 0.25) is 5.88 Å². The highest BCUT2D eigenvalue weighted by Gasteiger charge is 2.22. The van der Waals surface area contributed by atoms with Crippen LogP contribution in [0.4, 0.5) is 0 Å². The van der Waals surface area contributed by atoms with Gasteiger partial charge >= 0.3 is 0 Å². The molecular formula is C16H22N4OS. The van der Waals surface area contributed by atoms with Gasteiger partial charge in [-0.05, 0) is 33.2 Å². The third-order valence-electron chi connectivity index (χ3n) is 3.98. The summed E-state index contributed by atoms with van der Waals surface area (Å²) < 4.78 is 5.76. The third-order valence-corrected chi connectivity index (χ3v) is 5.03. The Morgan fingerprint density at radius 3 is 3.00 bits per heavy atom. The van der Waals surface area contributed by atoms with Crippen molar-refractivity contribution in [2.24, 2.45) is 5.92 Å². The van der Waals surface area contributed by atoms with E-state index in [4.69, 9.17) is 4.74 Å². The largest absolute Gasteiger partial charge is 0.476 e. The predicted octanol–water partition coefficient (Wildman–Crippen LogP) is 2.84. The molecule has 22 heavy (non-hydrogen) atoms. The first-order valence-electron chi connectivity index (χ1n) is 7.75. The van der Waals surface area contributed by atoms with E-state index in [1.165, 1.54) is 23.4 Å². The van der Waals surface area contributed by atoms with E-state index in [0.29, 0.717) is 11.8 Å². The summed E-state index contributed by atoms with van der Waals surface area (Å²) in [6, 6.07) is 0. The number of piperidine rings is 1. The van der Waals surface area contributed by atoms with E-state index in [1.54, 1.807) is 18.6 Å². The van der Waals surface area contributed by atoms with Crippen LogP contribution in [0.5, 0.6) is 5.88 Å². The molecule has 5 nitrogen and oxygen atoms in total. The van der Waals surface area contributed by atoms with Crippen molar-refractivity contribution >= 4 is 11.3 Å². The van der Waals surface area contributed by atoms with Gasteiger partial charge in [0.05, 0.1) is 23.5 Å². The van der Waals surface area contributed by atoms with Crippen LogP contribution in [0.25, 0.3) is 0 Å². The summed E-state index contributed by atoms with van der Waals surface area (Å²) in [5.74, 6) is 1.18. The molecule has 0 aliphatic carbocycles. The highest BCUT2D eigenvalue weighted by molar-refractivity contribution is 7.11. The molecule has 3 heterocycles. The average molecular weight is 318 g/mol. The van der Waals surface area contributed by atoms with Gasteiger partial charge in [0.1, 0.15) is 0 Å². The highest BCUT2D eigenvalue weighted by atomic mass is 32.1. The Hall–Kier alpha value is -1.53. The fourth-order valence-electron chi connectivity index (χ4n) is 2.92. The topological polar surface area (TPSA) is 51.1 Å².